The van der Waals surface area contributed by atoms with Gasteiger partial charge in [-0.1, -0.05) is 84.9 Å². The summed E-state index contributed by atoms with van der Waals surface area (Å²) in [6.45, 7) is 8.09. The van der Waals surface area contributed by atoms with Crippen molar-refractivity contribution in [2.45, 2.75) is 13.8 Å². The average molecular weight is 284 g/mol. The highest BCUT2D eigenvalue weighted by Crippen LogP contribution is 2.29. The zero-order valence-electron chi connectivity index (χ0n) is 13.1. The van der Waals surface area contributed by atoms with Crippen LogP contribution in [0.3, 0.4) is 0 Å². The molecule has 0 unspecified atom stereocenters. The van der Waals surface area contributed by atoms with Crippen molar-refractivity contribution in [2.24, 2.45) is 0 Å². The highest BCUT2D eigenvalue weighted by atomic mass is 14.1. The monoisotopic (exact) mass is 284 g/mol. The molecule has 0 aliphatic heterocycles. The molecule has 0 fully saturated rings. The fourth-order valence-electron chi connectivity index (χ4n) is 2.71. The maximum atomic E-state index is 3.80. The lowest BCUT2D eigenvalue weighted by molar-refractivity contribution is 1.43. The molecule has 0 amide bonds. The molecule has 0 nitrogen and oxygen atoms in total. The molecule has 0 radical (unpaired) electrons. The minimum Gasteiger partial charge on any atom is -0.0985 e. The number of benzene rings is 3. The van der Waals surface area contributed by atoms with Crippen LogP contribution in [0.5, 0.6) is 0 Å². The van der Waals surface area contributed by atoms with Crippen LogP contribution in [0.2, 0.25) is 0 Å². The summed E-state index contributed by atoms with van der Waals surface area (Å²) in [5.41, 5.74) is 8.80. The van der Waals surface area contributed by atoms with E-state index in [0.29, 0.717) is 0 Å². The third-order valence-electron chi connectivity index (χ3n) is 4.07. The standard InChI is InChI=1S/C22H20/c1-4-18-7-11-20(12-8-18)22-14-13-21(15-17(22)3)19-9-5-16(2)6-10-19/h4-15H,1H2,2-3H3. The number of rotatable bonds is 3. The van der Waals surface area contributed by atoms with Crippen LogP contribution in [-0.2, 0) is 0 Å². The number of hydrogen-bond acceptors (Lipinski definition) is 0. The first-order valence-corrected chi connectivity index (χ1v) is 7.58. The summed E-state index contributed by atoms with van der Waals surface area (Å²) in [6, 6.07) is 23.9. The molecule has 0 heterocycles. The third-order valence-corrected chi connectivity index (χ3v) is 4.07. The fourth-order valence-corrected chi connectivity index (χ4v) is 2.71. The molecule has 0 heteroatoms. The Morgan fingerprint density at radius 1 is 0.682 bits per heavy atom. The van der Waals surface area contributed by atoms with E-state index in [-0.39, 0.29) is 0 Å². The summed E-state index contributed by atoms with van der Waals surface area (Å²) in [5, 5.41) is 0. The minimum absolute atomic E-state index is 1.15. The Balaban J connectivity index is 1.97. The third kappa shape index (κ3) is 2.87. The Morgan fingerprint density at radius 3 is 1.86 bits per heavy atom. The molecule has 0 spiro atoms. The van der Waals surface area contributed by atoms with Gasteiger partial charge in [-0.3, -0.25) is 0 Å². The zero-order valence-corrected chi connectivity index (χ0v) is 13.1. The first kappa shape index (κ1) is 14.3. The van der Waals surface area contributed by atoms with Gasteiger partial charge in [-0.2, -0.15) is 0 Å². The van der Waals surface area contributed by atoms with Crippen molar-refractivity contribution in [3.63, 3.8) is 0 Å². The molecule has 0 saturated heterocycles. The van der Waals surface area contributed by atoms with Gasteiger partial charge in [-0.05, 0) is 47.2 Å². The van der Waals surface area contributed by atoms with Crippen LogP contribution < -0.4 is 0 Å². The minimum atomic E-state index is 1.15. The Morgan fingerprint density at radius 2 is 1.27 bits per heavy atom. The van der Waals surface area contributed by atoms with Gasteiger partial charge in [0.2, 0.25) is 0 Å². The molecule has 0 aliphatic carbocycles. The summed E-state index contributed by atoms with van der Waals surface area (Å²) in [4.78, 5) is 0. The van der Waals surface area contributed by atoms with Crippen LogP contribution in [0, 0.1) is 13.8 Å². The molecule has 0 aromatic heterocycles. The highest BCUT2D eigenvalue weighted by molar-refractivity contribution is 5.74. The molecule has 3 rings (SSSR count). The first-order valence-electron chi connectivity index (χ1n) is 7.58. The van der Waals surface area contributed by atoms with Gasteiger partial charge in [-0.25, -0.2) is 0 Å². The molecular weight excluding hydrogens is 264 g/mol. The molecule has 0 aliphatic rings. The van der Waals surface area contributed by atoms with Crippen LogP contribution >= 0.6 is 0 Å². The lowest BCUT2D eigenvalue weighted by Crippen LogP contribution is -1.86. The average Bonchev–Trinajstić information content (AvgIpc) is 2.56. The lowest BCUT2D eigenvalue weighted by atomic mass is 9.95. The van der Waals surface area contributed by atoms with E-state index in [2.05, 4.69) is 87.2 Å². The Hall–Kier alpha value is -2.60. The second kappa shape index (κ2) is 6.03. The quantitative estimate of drug-likeness (QED) is 0.531. The second-order valence-corrected chi connectivity index (χ2v) is 5.72. The Labute approximate surface area is 132 Å². The molecule has 0 saturated carbocycles. The fraction of sp³-hybridized carbons (Fsp3) is 0.0909. The van der Waals surface area contributed by atoms with Gasteiger partial charge in [0.15, 0.2) is 0 Å². The van der Waals surface area contributed by atoms with Gasteiger partial charge < -0.3 is 0 Å². The van der Waals surface area contributed by atoms with Crippen LogP contribution in [0.4, 0.5) is 0 Å². The molecule has 3 aromatic carbocycles. The van der Waals surface area contributed by atoms with Gasteiger partial charge >= 0.3 is 0 Å². The molecular formula is C22H20. The van der Waals surface area contributed by atoms with E-state index in [4.69, 9.17) is 0 Å². The van der Waals surface area contributed by atoms with Crippen molar-refractivity contribution < 1.29 is 0 Å². The molecule has 0 bridgehead atoms. The van der Waals surface area contributed by atoms with E-state index in [9.17, 15) is 0 Å². The number of hydrogen-bond donors (Lipinski definition) is 0. The molecule has 3 aromatic rings. The van der Waals surface area contributed by atoms with Gasteiger partial charge in [-0.15, -0.1) is 0 Å². The summed E-state index contributed by atoms with van der Waals surface area (Å²) in [5.74, 6) is 0. The van der Waals surface area contributed by atoms with Gasteiger partial charge in [0.25, 0.3) is 0 Å². The second-order valence-electron chi connectivity index (χ2n) is 5.72. The number of aryl methyl sites for hydroxylation is 2. The molecule has 22 heavy (non-hydrogen) atoms. The predicted octanol–water partition coefficient (Wildman–Crippen LogP) is 6.28. The van der Waals surface area contributed by atoms with E-state index < -0.39 is 0 Å². The molecule has 0 N–H and O–H groups in total. The van der Waals surface area contributed by atoms with Gasteiger partial charge in [0, 0.05) is 0 Å². The normalized spacial score (nSPS) is 10.5. The largest absolute Gasteiger partial charge is 0.0985 e. The zero-order chi connectivity index (χ0) is 15.5. The van der Waals surface area contributed by atoms with E-state index in [0.717, 1.165) is 5.56 Å². The smallest absolute Gasteiger partial charge is 0.0154 e. The maximum absolute atomic E-state index is 3.80. The molecule has 0 atom stereocenters. The van der Waals surface area contributed by atoms with Crippen LogP contribution in [-0.4, -0.2) is 0 Å². The Kier molecular flexibility index (Phi) is 3.93. The van der Waals surface area contributed by atoms with E-state index in [1.165, 1.54) is 33.4 Å². The first-order chi connectivity index (χ1) is 10.7. The van der Waals surface area contributed by atoms with E-state index in [1.54, 1.807) is 0 Å². The van der Waals surface area contributed by atoms with Crippen molar-refractivity contribution in [3.05, 3.63) is 90.0 Å². The highest BCUT2D eigenvalue weighted by Gasteiger charge is 2.04. The van der Waals surface area contributed by atoms with Crippen LogP contribution in [0.1, 0.15) is 16.7 Å². The lowest BCUT2D eigenvalue weighted by Gasteiger charge is -2.10. The SMILES string of the molecule is C=Cc1ccc(-c2ccc(-c3ccc(C)cc3)cc2C)cc1. The van der Waals surface area contributed by atoms with Gasteiger partial charge in [0.1, 0.15) is 0 Å². The maximum Gasteiger partial charge on any atom is -0.0154 e. The summed E-state index contributed by atoms with van der Waals surface area (Å²) < 4.78 is 0. The Bertz CT molecular complexity index is 790. The van der Waals surface area contributed by atoms with E-state index >= 15 is 0 Å². The van der Waals surface area contributed by atoms with Crippen molar-refractivity contribution in [1.29, 1.82) is 0 Å². The van der Waals surface area contributed by atoms with Crippen molar-refractivity contribution in [2.75, 3.05) is 0 Å². The summed E-state index contributed by atoms with van der Waals surface area (Å²) in [6.07, 6.45) is 1.87. The topological polar surface area (TPSA) is 0 Å². The van der Waals surface area contributed by atoms with E-state index in [1.807, 2.05) is 6.08 Å². The molecule has 108 valence electrons. The van der Waals surface area contributed by atoms with Crippen molar-refractivity contribution in [1.82, 2.24) is 0 Å². The summed E-state index contributed by atoms with van der Waals surface area (Å²) in [7, 11) is 0. The van der Waals surface area contributed by atoms with Crippen molar-refractivity contribution in [3.8, 4) is 22.3 Å². The summed E-state index contributed by atoms with van der Waals surface area (Å²) >= 11 is 0. The van der Waals surface area contributed by atoms with Gasteiger partial charge in [0.05, 0.1) is 0 Å². The van der Waals surface area contributed by atoms with Crippen LogP contribution in [0.25, 0.3) is 28.3 Å². The van der Waals surface area contributed by atoms with Crippen molar-refractivity contribution >= 4 is 6.08 Å². The van der Waals surface area contributed by atoms with Crippen LogP contribution in [0.15, 0.2) is 73.3 Å². The predicted molar refractivity (Wildman–Crippen MR) is 96.9 cm³/mol.